The zero-order valence-electron chi connectivity index (χ0n) is 10.3. The third kappa shape index (κ3) is 1.74. The molecule has 0 unspecified atom stereocenters. The third-order valence-electron chi connectivity index (χ3n) is 2.83. The van der Waals surface area contributed by atoms with E-state index in [1.54, 1.807) is 20.8 Å². The third-order valence-corrected chi connectivity index (χ3v) is 2.83. The van der Waals surface area contributed by atoms with Gasteiger partial charge in [0.25, 0.3) is 0 Å². The molecule has 0 amide bonds. The molecule has 0 N–H and O–H groups in total. The summed E-state index contributed by atoms with van der Waals surface area (Å²) in [5.74, 6) is -2.38. The molecule has 94 valence electrons. The highest BCUT2D eigenvalue weighted by molar-refractivity contribution is 6.34. The molecule has 1 aromatic rings. The van der Waals surface area contributed by atoms with Gasteiger partial charge in [0.2, 0.25) is 0 Å². The lowest BCUT2D eigenvalue weighted by molar-refractivity contribution is -0.244. The Bertz CT molecular complexity index is 592. The van der Waals surface area contributed by atoms with Gasteiger partial charge in [0.15, 0.2) is 11.6 Å². The Morgan fingerprint density at radius 2 is 1.83 bits per heavy atom. The largest absolute Gasteiger partial charge is 0.871 e. The Kier molecular flexibility index (Phi) is 2.61. The van der Waals surface area contributed by atoms with E-state index >= 15 is 0 Å². The van der Waals surface area contributed by atoms with Gasteiger partial charge in [-0.15, -0.1) is 0 Å². The molecule has 0 spiro atoms. The number of carbonyl (C=O) groups excluding carboxylic acids is 2. The molecule has 0 aliphatic heterocycles. The van der Waals surface area contributed by atoms with Crippen molar-refractivity contribution in [1.82, 2.24) is 0 Å². The highest BCUT2D eigenvalue weighted by Gasteiger charge is 2.35. The molecule has 1 aliphatic rings. The highest BCUT2D eigenvalue weighted by Crippen LogP contribution is 2.34. The molecule has 1 aliphatic carbocycles. The van der Waals surface area contributed by atoms with Crippen LogP contribution in [0.4, 0.5) is 4.39 Å². The first-order valence-electron chi connectivity index (χ1n) is 5.54. The molecular weight excluding hydrogens is 235 g/mol. The second kappa shape index (κ2) is 3.77. The fourth-order valence-electron chi connectivity index (χ4n) is 1.86. The number of benzene rings is 1. The van der Waals surface area contributed by atoms with Gasteiger partial charge in [-0.3, -0.25) is 9.59 Å². The smallest absolute Gasteiger partial charge is 0.196 e. The highest BCUT2D eigenvalue weighted by atomic mass is 19.1. The quantitative estimate of drug-likeness (QED) is 0.710. The molecule has 0 fully saturated rings. The molecule has 0 aromatic heterocycles. The van der Waals surface area contributed by atoms with Crippen molar-refractivity contribution in [2.45, 2.75) is 20.8 Å². The van der Waals surface area contributed by atoms with E-state index in [1.165, 1.54) is 6.07 Å². The first-order chi connectivity index (χ1) is 8.23. The van der Waals surface area contributed by atoms with Crippen molar-refractivity contribution in [3.8, 4) is 0 Å². The van der Waals surface area contributed by atoms with Crippen molar-refractivity contribution < 1.29 is 19.1 Å². The summed E-state index contributed by atoms with van der Waals surface area (Å²) >= 11 is 0. The van der Waals surface area contributed by atoms with Crippen LogP contribution < -0.4 is 5.11 Å². The van der Waals surface area contributed by atoms with Gasteiger partial charge in [0.05, 0.1) is 5.57 Å². The lowest BCUT2D eigenvalue weighted by atomic mass is 9.85. The summed E-state index contributed by atoms with van der Waals surface area (Å²) in [6.45, 7) is 4.89. The van der Waals surface area contributed by atoms with E-state index in [9.17, 15) is 19.1 Å². The predicted molar refractivity (Wildman–Crippen MR) is 62.1 cm³/mol. The van der Waals surface area contributed by atoms with E-state index in [4.69, 9.17) is 0 Å². The number of ketones is 2. The minimum Gasteiger partial charge on any atom is -0.871 e. The predicted octanol–water partition coefficient (Wildman–Crippen LogP) is 1.71. The number of allylic oxidation sites excluding steroid dienone is 1. The molecule has 2 rings (SSSR count). The maximum absolute atomic E-state index is 13.1. The Labute approximate surface area is 104 Å². The van der Waals surface area contributed by atoms with Crippen LogP contribution in [0.5, 0.6) is 0 Å². The van der Waals surface area contributed by atoms with Crippen LogP contribution >= 0.6 is 0 Å². The van der Waals surface area contributed by atoms with Crippen molar-refractivity contribution in [1.29, 1.82) is 0 Å². The lowest BCUT2D eigenvalue weighted by Gasteiger charge is -2.19. The number of hydrogen-bond acceptors (Lipinski definition) is 3. The average Bonchev–Trinajstić information content (AvgIpc) is 2.49. The van der Waals surface area contributed by atoms with Crippen LogP contribution in [0.15, 0.2) is 23.8 Å². The molecule has 0 saturated carbocycles. The number of Topliss-reactive ketones (excluding diaryl/α,β-unsaturated/α-hetero) is 2. The van der Waals surface area contributed by atoms with Gasteiger partial charge in [-0.05, 0) is 23.8 Å². The average molecular weight is 247 g/mol. The second-order valence-electron chi connectivity index (χ2n) is 5.30. The molecule has 0 heterocycles. The molecule has 18 heavy (non-hydrogen) atoms. The Hall–Kier alpha value is -1.97. The minimum absolute atomic E-state index is 0.0207. The van der Waals surface area contributed by atoms with Gasteiger partial charge < -0.3 is 5.11 Å². The summed E-state index contributed by atoms with van der Waals surface area (Å²) in [6, 6.07) is 3.35. The topological polar surface area (TPSA) is 57.2 Å². The lowest BCUT2D eigenvalue weighted by Crippen LogP contribution is -2.26. The normalized spacial score (nSPS) is 15.0. The fourth-order valence-corrected chi connectivity index (χ4v) is 1.86. The van der Waals surface area contributed by atoms with E-state index in [0.717, 1.165) is 12.1 Å². The summed E-state index contributed by atoms with van der Waals surface area (Å²) in [4.78, 5) is 24.1. The van der Waals surface area contributed by atoms with E-state index in [-0.39, 0.29) is 16.7 Å². The van der Waals surface area contributed by atoms with E-state index in [0.29, 0.717) is 0 Å². The van der Waals surface area contributed by atoms with Gasteiger partial charge in [-0.1, -0.05) is 26.5 Å². The fraction of sp³-hybridized carbons (Fsp3) is 0.286. The van der Waals surface area contributed by atoms with Crippen molar-refractivity contribution >= 4 is 17.3 Å². The van der Waals surface area contributed by atoms with Gasteiger partial charge in [-0.2, -0.15) is 0 Å². The number of rotatable bonds is 1. The Morgan fingerprint density at radius 1 is 1.22 bits per heavy atom. The summed E-state index contributed by atoms with van der Waals surface area (Å²) in [5, 5.41) is 12.0. The van der Waals surface area contributed by atoms with Crippen LogP contribution in [-0.2, 0) is 4.79 Å². The second-order valence-corrected chi connectivity index (χ2v) is 5.30. The Balaban J connectivity index is 2.60. The van der Waals surface area contributed by atoms with E-state index in [2.05, 4.69) is 0 Å². The van der Waals surface area contributed by atoms with Crippen LogP contribution in [0.3, 0.4) is 0 Å². The van der Waals surface area contributed by atoms with E-state index in [1.807, 2.05) is 0 Å². The van der Waals surface area contributed by atoms with Crippen molar-refractivity contribution in [3.05, 3.63) is 40.7 Å². The standard InChI is InChI=1S/C14H13FO3/c1-14(2,3)13(18)10-11(16)8-5-4-7(15)6-9(8)12(10)17/h4-6,17H,1-3H3/p-1. The van der Waals surface area contributed by atoms with Gasteiger partial charge in [0, 0.05) is 11.0 Å². The van der Waals surface area contributed by atoms with Crippen LogP contribution in [0.25, 0.3) is 5.76 Å². The molecule has 3 nitrogen and oxygen atoms in total. The SMILES string of the molecule is CC(C)(C)C(=O)C1=C([O-])c2cc(F)ccc2C1=O. The summed E-state index contributed by atoms with van der Waals surface area (Å²) in [5.41, 5.74) is -1.09. The number of carbonyl (C=O) groups is 2. The van der Waals surface area contributed by atoms with Crippen molar-refractivity contribution in [3.63, 3.8) is 0 Å². The summed E-state index contributed by atoms with van der Waals surface area (Å²) in [7, 11) is 0. The van der Waals surface area contributed by atoms with Gasteiger partial charge in [-0.25, -0.2) is 4.39 Å². The van der Waals surface area contributed by atoms with Crippen LogP contribution in [0.1, 0.15) is 36.7 Å². The van der Waals surface area contributed by atoms with Crippen LogP contribution in [0.2, 0.25) is 0 Å². The number of fused-ring (bicyclic) bond motifs is 1. The maximum atomic E-state index is 13.1. The monoisotopic (exact) mass is 247 g/mol. The molecule has 0 saturated heterocycles. The Morgan fingerprint density at radius 3 is 2.39 bits per heavy atom. The first-order valence-corrected chi connectivity index (χ1v) is 5.54. The molecule has 4 heteroatoms. The number of halogens is 1. The maximum Gasteiger partial charge on any atom is 0.196 e. The van der Waals surface area contributed by atoms with Crippen LogP contribution in [-0.4, -0.2) is 11.6 Å². The molecule has 0 bridgehead atoms. The van der Waals surface area contributed by atoms with E-state index < -0.39 is 28.6 Å². The molecule has 0 radical (unpaired) electrons. The summed E-state index contributed by atoms with van der Waals surface area (Å²) < 4.78 is 13.1. The molecular formula is C14H12FO3-. The minimum atomic E-state index is -0.818. The van der Waals surface area contributed by atoms with Crippen molar-refractivity contribution in [2.75, 3.05) is 0 Å². The van der Waals surface area contributed by atoms with Crippen LogP contribution in [0, 0.1) is 11.2 Å². The number of hydrogen-bond donors (Lipinski definition) is 0. The molecule has 1 aromatic carbocycles. The first kappa shape index (κ1) is 12.5. The van der Waals surface area contributed by atoms with Crippen molar-refractivity contribution in [2.24, 2.45) is 5.41 Å². The zero-order chi connectivity index (χ0) is 13.7. The van der Waals surface area contributed by atoms with Gasteiger partial charge >= 0.3 is 0 Å². The summed E-state index contributed by atoms with van der Waals surface area (Å²) in [6.07, 6.45) is 0. The molecule has 0 atom stereocenters. The zero-order valence-corrected chi connectivity index (χ0v) is 10.3. The van der Waals surface area contributed by atoms with Gasteiger partial charge in [0.1, 0.15) is 5.82 Å².